The third kappa shape index (κ3) is 8.04. The number of nitrogens with one attached hydrogen (secondary N) is 1. The van der Waals surface area contributed by atoms with Gasteiger partial charge < -0.3 is 5.32 Å². The molecule has 0 aromatic carbocycles. The van der Waals surface area contributed by atoms with Crippen LogP contribution in [-0.2, 0) is 4.79 Å². The maximum Gasteiger partial charge on any atom is 0.471 e. The highest BCUT2D eigenvalue weighted by molar-refractivity contribution is 5.82. The van der Waals surface area contributed by atoms with Gasteiger partial charge in [-0.25, -0.2) is 0 Å². The molecule has 0 aromatic heterocycles. The summed E-state index contributed by atoms with van der Waals surface area (Å²) in [6.45, 7) is 12.0. The van der Waals surface area contributed by atoms with Gasteiger partial charge in [0.05, 0.1) is 0 Å². The van der Waals surface area contributed by atoms with Crippen molar-refractivity contribution in [3.8, 4) is 0 Å². The van der Waals surface area contributed by atoms with Crippen molar-refractivity contribution in [3.05, 3.63) is 0 Å². The number of rotatable bonds is 9. The van der Waals surface area contributed by atoms with Crippen molar-refractivity contribution in [1.82, 2.24) is 5.32 Å². The van der Waals surface area contributed by atoms with E-state index in [9.17, 15) is 18.0 Å². The summed E-state index contributed by atoms with van der Waals surface area (Å²) in [5.74, 6) is -1.60. The lowest BCUT2D eigenvalue weighted by atomic mass is 9.72. The van der Waals surface area contributed by atoms with Crippen molar-refractivity contribution in [2.24, 2.45) is 11.3 Å². The molecule has 0 aliphatic heterocycles. The number of halogens is 3. The zero-order chi connectivity index (χ0) is 17.6. The van der Waals surface area contributed by atoms with E-state index in [0.717, 1.165) is 32.1 Å². The zero-order valence-corrected chi connectivity index (χ0v) is 14.9. The molecule has 1 amide bonds. The van der Waals surface area contributed by atoms with Crippen LogP contribution in [0.25, 0.3) is 0 Å². The van der Waals surface area contributed by atoms with E-state index in [1.807, 2.05) is 0 Å². The molecule has 22 heavy (non-hydrogen) atoms. The zero-order valence-electron chi connectivity index (χ0n) is 14.9. The molecular formula is C17H32F3NO. The summed E-state index contributed by atoms with van der Waals surface area (Å²) in [7, 11) is 0. The first-order valence-electron chi connectivity index (χ1n) is 8.24. The summed E-state index contributed by atoms with van der Waals surface area (Å²) in [6, 6.07) is 0. The average molecular weight is 323 g/mol. The van der Waals surface area contributed by atoms with Crippen molar-refractivity contribution in [3.63, 3.8) is 0 Å². The van der Waals surface area contributed by atoms with E-state index in [1.165, 1.54) is 0 Å². The van der Waals surface area contributed by atoms with Gasteiger partial charge in [-0.3, -0.25) is 4.79 Å². The molecule has 0 aromatic rings. The van der Waals surface area contributed by atoms with Gasteiger partial charge in [0.15, 0.2) is 0 Å². The van der Waals surface area contributed by atoms with E-state index in [0.29, 0.717) is 6.42 Å². The van der Waals surface area contributed by atoms with Crippen LogP contribution in [0.1, 0.15) is 80.1 Å². The van der Waals surface area contributed by atoms with Gasteiger partial charge in [-0.1, -0.05) is 40.5 Å². The van der Waals surface area contributed by atoms with Crippen molar-refractivity contribution < 1.29 is 18.0 Å². The van der Waals surface area contributed by atoms with Crippen LogP contribution in [0, 0.1) is 11.3 Å². The van der Waals surface area contributed by atoms with E-state index in [1.54, 1.807) is 13.8 Å². The molecule has 0 radical (unpaired) electrons. The van der Waals surface area contributed by atoms with Crippen LogP contribution in [0.2, 0.25) is 0 Å². The molecule has 0 bridgehead atoms. The molecule has 0 aliphatic rings. The Bertz CT molecular complexity index is 344. The average Bonchev–Trinajstić information content (AvgIpc) is 2.25. The molecule has 2 nitrogen and oxygen atoms in total. The molecule has 0 saturated heterocycles. The molecule has 0 saturated carbocycles. The van der Waals surface area contributed by atoms with Crippen LogP contribution in [0.5, 0.6) is 0 Å². The Morgan fingerprint density at radius 1 is 1.00 bits per heavy atom. The minimum atomic E-state index is -4.82. The van der Waals surface area contributed by atoms with Crippen LogP contribution in [0.4, 0.5) is 13.2 Å². The number of carbonyl (C=O) groups is 1. The maximum absolute atomic E-state index is 12.4. The largest absolute Gasteiger partial charge is 0.471 e. The lowest BCUT2D eigenvalue weighted by Gasteiger charge is -2.36. The van der Waals surface area contributed by atoms with Gasteiger partial charge in [-0.15, -0.1) is 0 Å². The molecular weight excluding hydrogens is 291 g/mol. The van der Waals surface area contributed by atoms with Crippen LogP contribution in [0.3, 0.4) is 0 Å². The minimum absolute atomic E-state index is 0.229. The lowest BCUT2D eigenvalue weighted by molar-refractivity contribution is -0.175. The van der Waals surface area contributed by atoms with Crippen molar-refractivity contribution >= 4 is 5.91 Å². The predicted octanol–water partition coefficient (Wildman–Crippen LogP) is 5.47. The van der Waals surface area contributed by atoms with Gasteiger partial charge in [0.2, 0.25) is 0 Å². The molecule has 1 atom stereocenters. The number of hydrogen-bond acceptors (Lipinski definition) is 1. The van der Waals surface area contributed by atoms with Gasteiger partial charge in [0, 0.05) is 5.54 Å². The predicted molar refractivity (Wildman–Crippen MR) is 84.6 cm³/mol. The Balaban J connectivity index is 4.67. The minimum Gasteiger partial charge on any atom is -0.343 e. The molecule has 1 N–H and O–H groups in total. The number of hydrogen-bond donors (Lipinski definition) is 1. The Morgan fingerprint density at radius 2 is 1.45 bits per heavy atom. The third-order valence-corrected chi connectivity index (χ3v) is 4.12. The first kappa shape index (κ1) is 21.3. The van der Waals surface area contributed by atoms with Gasteiger partial charge in [-0.05, 0) is 50.9 Å². The van der Waals surface area contributed by atoms with E-state index in [2.05, 4.69) is 33.0 Å². The molecule has 1 unspecified atom stereocenters. The summed E-state index contributed by atoms with van der Waals surface area (Å²) in [6.07, 6.45) is 1.16. The first-order chi connectivity index (χ1) is 9.85. The van der Waals surface area contributed by atoms with Crippen LogP contribution in [0.15, 0.2) is 0 Å². The highest BCUT2D eigenvalue weighted by atomic mass is 19.4. The summed E-state index contributed by atoms with van der Waals surface area (Å²) >= 11 is 0. The topological polar surface area (TPSA) is 29.1 Å². The second kappa shape index (κ2) is 8.21. The van der Waals surface area contributed by atoms with Crippen molar-refractivity contribution in [1.29, 1.82) is 0 Å². The molecule has 132 valence electrons. The Kier molecular flexibility index (Phi) is 7.93. The SMILES string of the molecule is CCCC(C)(CCC)CC(C)CC(C)(C)NC(=O)C(F)(F)F. The summed E-state index contributed by atoms with van der Waals surface area (Å²) in [5.41, 5.74) is -0.627. The Morgan fingerprint density at radius 3 is 1.82 bits per heavy atom. The molecule has 0 heterocycles. The highest BCUT2D eigenvalue weighted by Crippen LogP contribution is 2.38. The summed E-state index contributed by atoms with van der Waals surface area (Å²) < 4.78 is 37.1. The van der Waals surface area contributed by atoms with Gasteiger partial charge in [0.25, 0.3) is 0 Å². The molecule has 0 rings (SSSR count). The Hall–Kier alpha value is -0.740. The van der Waals surface area contributed by atoms with Crippen LogP contribution < -0.4 is 5.32 Å². The fraction of sp³-hybridized carbons (Fsp3) is 0.941. The van der Waals surface area contributed by atoms with E-state index in [-0.39, 0.29) is 11.3 Å². The quantitative estimate of drug-likeness (QED) is 0.599. The van der Waals surface area contributed by atoms with E-state index >= 15 is 0 Å². The van der Waals surface area contributed by atoms with Crippen molar-refractivity contribution in [2.75, 3.05) is 0 Å². The standard InChI is InChI=1S/C17H32F3NO/c1-7-9-16(6,10-8-2)12-13(3)11-15(4,5)21-14(22)17(18,19)20/h13H,7-12H2,1-6H3,(H,21,22). The van der Waals surface area contributed by atoms with Gasteiger partial charge in [0.1, 0.15) is 0 Å². The number of amides is 1. The van der Waals surface area contributed by atoms with E-state index in [4.69, 9.17) is 0 Å². The lowest BCUT2D eigenvalue weighted by Crippen LogP contribution is -2.50. The first-order valence-corrected chi connectivity index (χ1v) is 8.24. The van der Waals surface area contributed by atoms with Crippen LogP contribution in [-0.4, -0.2) is 17.6 Å². The van der Waals surface area contributed by atoms with Gasteiger partial charge >= 0.3 is 12.1 Å². The van der Waals surface area contributed by atoms with Crippen molar-refractivity contribution in [2.45, 2.75) is 91.8 Å². The van der Waals surface area contributed by atoms with Gasteiger partial charge in [-0.2, -0.15) is 13.2 Å². The molecule has 0 aliphatic carbocycles. The Labute approximate surface area is 133 Å². The molecule has 0 spiro atoms. The molecule has 5 heteroatoms. The normalized spacial score (nSPS) is 14.8. The fourth-order valence-corrected chi connectivity index (χ4v) is 3.75. The second-order valence-corrected chi connectivity index (χ2v) is 7.66. The third-order valence-electron chi connectivity index (χ3n) is 4.12. The number of carbonyl (C=O) groups excluding carboxylic acids is 1. The summed E-state index contributed by atoms with van der Waals surface area (Å²) in [5, 5.41) is 2.11. The monoisotopic (exact) mass is 323 g/mol. The molecule has 0 fully saturated rings. The summed E-state index contributed by atoms with van der Waals surface area (Å²) in [4.78, 5) is 11.1. The number of alkyl halides is 3. The maximum atomic E-state index is 12.4. The second-order valence-electron chi connectivity index (χ2n) is 7.66. The smallest absolute Gasteiger partial charge is 0.343 e. The fourth-order valence-electron chi connectivity index (χ4n) is 3.75. The van der Waals surface area contributed by atoms with Crippen LogP contribution >= 0.6 is 0 Å². The van der Waals surface area contributed by atoms with E-state index < -0.39 is 17.6 Å². The highest BCUT2D eigenvalue weighted by Gasteiger charge is 2.41.